The van der Waals surface area contributed by atoms with Crippen LogP contribution >= 0.6 is 0 Å². The minimum atomic E-state index is -4.71. The van der Waals surface area contributed by atoms with E-state index in [0.29, 0.717) is 30.4 Å². The van der Waals surface area contributed by atoms with Crippen molar-refractivity contribution in [3.63, 3.8) is 0 Å². The minimum absolute atomic E-state index is 0.104. The van der Waals surface area contributed by atoms with Crippen LogP contribution in [0.25, 0.3) is 0 Å². The van der Waals surface area contributed by atoms with Crippen molar-refractivity contribution in [3.05, 3.63) is 53.3 Å². The third kappa shape index (κ3) is 7.31. The number of rotatable bonds is 5. The normalized spacial score (nSPS) is 22.7. The van der Waals surface area contributed by atoms with E-state index < -0.39 is 29.6 Å². The number of anilines is 1. The van der Waals surface area contributed by atoms with Gasteiger partial charge in [-0.15, -0.1) is 0 Å². The van der Waals surface area contributed by atoms with Crippen LogP contribution < -0.4 is 20.1 Å². The van der Waals surface area contributed by atoms with Gasteiger partial charge in [-0.05, 0) is 68.1 Å². The summed E-state index contributed by atoms with van der Waals surface area (Å²) in [5.41, 5.74) is -0.343. The van der Waals surface area contributed by atoms with Crippen LogP contribution in [0.15, 0.2) is 36.4 Å². The Bertz CT molecular complexity index is 1190. The fourth-order valence-electron chi connectivity index (χ4n) is 5.63. The first-order valence-electron chi connectivity index (χ1n) is 12.3. The van der Waals surface area contributed by atoms with Crippen LogP contribution in [0, 0.1) is 11.7 Å². The molecule has 2 amide bonds. The van der Waals surface area contributed by atoms with Crippen molar-refractivity contribution in [1.82, 2.24) is 10.2 Å². The number of alkyl halides is 3. The van der Waals surface area contributed by atoms with Gasteiger partial charge >= 0.3 is 12.2 Å². The molecule has 2 aromatic rings. The fourth-order valence-corrected chi connectivity index (χ4v) is 5.63. The summed E-state index contributed by atoms with van der Waals surface area (Å²) >= 11 is 0. The molecule has 214 valence electrons. The van der Waals surface area contributed by atoms with Gasteiger partial charge in [-0.2, -0.15) is 13.2 Å². The maximum absolute atomic E-state index is 13.7. The van der Waals surface area contributed by atoms with E-state index in [4.69, 9.17) is 19.4 Å². The number of urea groups is 1. The number of likely N-dealkylation sites (tertiary alicyclic amines) is 1. The smallest absolute Gasteiger partial charge is 0.416 e. The van der Waals surface area contributed by atoms with Gasteiger partial charge < -0.3 is 30.1 Å². The van der Waals surface area contributed by atoms with E-state index in [2.05, 4.69) is 28.6 Å². The number of carboxylic acids is 1. The Morgan fingerprint density at radius 1 is 1.10 bits per heavy atom. The lowest BCUT2D eigenvalue weighted by atomic mass is 9.63. The lowest BCUT2D eigenvalue weighted by Gasteiger charge is -2.42. The van der Waals surface area contributed by atoms with E-state index in [1.165, 1.54) is 0 Å². The van der Waals surface area contributed by atoms with Crippen LogP contribution in [0.5, 0.6) is 11.5 Å². The predicted octanol–water partition coefficient (Wildman–Crippen LogP) is 5.13. The first-order valence-corrected chi connectivity index (χ1v) is 12.3. The number of carbonyl (C=O) groups excluding carboxylic acids is 1. The van der Waals surface area contributed by atoms with Gasteiger partial charge in [0.2, 0.25) is 0 Å². The van der Waals surface area contributed by atoms with Gasteiger partial charge in [-0.3, -0.25) is 4.79 Å². The number of fused-ring (bicyclic) bond motifs is 1. The molecule has 12 heteroatoms. The van der Waals surface area contributed by atoms with Crippen molar-refractivity contribution in [1.29, 1.82) is 0 Å². The number of nitrogens with zero attached hydrogens (tertiary/aromatic N) is 1. The summed E-state index contributed by atoms with van der Waals surface area (Å²) in [6.45, 7) is 2.81. The van der Waals surface area contributed by atoms with E-state index in [1.54, 1.807) is 14.2 Å². The lowest BCUT2D eigenvalue weighted by molar-refractivity contribution is -0.138. The SMILES string of the molecule is CC(=O)O.COc1ccc([C@@]23CC[C@@H](NC(=O)Nc4cc(F)cc(C(F)(F)F)c4)C[C@@H]2CN(C)C3)cc1OC. The number of hydrogen-bond acceptors (Lipinski definition) is 5. The van der Waals surface area contributed by atoms with Crippen LogP contribution in [-0.4, -0.2) is 62.4 Å². The Balaban J connectivity index is 0.000000983. The average Bonchev–Trinajstić information content (AvgIpc) is 3.18. The molecule has 4 rings (SSSR count). The van der Waals surface area contributed by atoms with Gasteiger partial charge in [-0.1, -0.05) is 6.07 Å². The zero-order chi connectivity index (χ0) is 29.0. The molecule has 3 atom stereocenters. The molecular weight excluding hydrogens is 522 g/mol. The summed E-state index contributed by atoms with van der Waals surface area (Å²) in [4.78, 5) is 23.8. The van der Waals surface area contributed by atoms with Crippen LogP contribution in [0.4, 0.5) is 28.0 Å². The minimum Gasteiger partial charge on any atom is -0.493 e. The number of hydrogen-bond donors (Lipinski definition) is 3. The second-order valence-corrected chi connectivity index (χ2v) is 9.93. The molecule has 1 saturated carbocycles. The number of aliphatic carboxylic acids is 1. The highest BCUT2D eigenvalue weighted by molar-refractivity contribution is 5.89. The Morgan fingerprint density at radius 3 is 2.38 bits per heavy atom. The number of benzene rings is 2. The number of likely N-dealkylation sites (N-methyl/N-ethyl adjacent to an activating group) is 1. The summed E-state index contributed by atoms with van der Waals surface area (Å²) in [6.07, 6.45) is -2.48. The first-order chi connectivity index (χ1) is 18.3. The van der Waals surface area contributed by atoms with Crippen molar-refractivity contribution in [3.8, 4) is 11.5 Å². The number of nitrogens with one attached hydrogen (secondary N) is 2. The number of ether oxygens (including phenoxy) is 2. The molecule has 2 aromatic carbocycles. The van der Waals surface area contributed by atoms with E-state index in [0.717, 1.165) is 44.1 Å². The molecule has 1 aliphatic heterocycles. The highest BCUT2D eigenvalue weighted by atomic mass is 19.4. The molecule has 3 N–H and O–H groups in total. The highest BCUT2D eigenvalue weighted by Crippen LogP contribution is 2.49. The molecule has 1 aliphatic carbocycles. The Morgan fingerprint density at radius 2 is 1.77 bits per heavy atom. The molecular formula is C27H33F4N3O5. The second kappa shape index (κ2) is 12.1. The van der Waals surface area contributed by atoms with Gasteiger partial charge in [0.1, 0.15) is 5.82 Å². The van der Waals surface area contributed by atoms with E-state index >= 15 is 0 Å². The molecule has 0 bridgehead atoms. The monoisotopic (exact) mass is 555 g/mol. The maximum atomic E-state index is 13.7. The van der Waals surface area contributed by atoms with Crippen LogP contribution in [0.1, 0.15) is 37.3 Å². The second-order valence-electron chi connectivity index (χ2n) is 9.93. The Hall–Kier alpha value is -3.54. The number of halogens is 4. The van der Waals surface area contributed by atoms with Crippen molar-refractivity contribution >= 4 is 17.7 Å². The summed E-state index contributed by atoms with van der Waals surface area (Å²) in [6, 6.07) is 7.17. The molecule has 2 fully saturated rings. The summed E-state index contributed by atoms with van der Waals surface area (Å²) in [7, 11) is 5.27. The standard InChI is InChI=1S/C25H29F4N3O3.C2H4O2/c1-32-13-17-10-19(30-23(33)31-20-9-16(25(27,28)29)8-18(26)12-20)6-7-24(17,14-32)15-4-5-21(34-2)22(11-15)35-3;1-2(3)4/h4-5,8-9,11-12,17,19H,6-7,10,13-14H2,1-3H3,(H2,30,31,33);1H3,(H,3,4)/t17-,19-,24+;/m1./s1. The van der Waals surface area contributed by atoms with Gasteiger partial charge in [0, 0.05) is 37.2 Å². The van der Waals surface area contributed by atoms with E-state index in [1.807, 2.05) is 12.1 Å². The van der Waals surface area contributed by atoms with E-state index in [-0.39, 0.29) is 23.1 Å². The third-order valence-electron chi connectivity index (χ3n) is 7.15. The van der Waals surface area contributed by atoms with Crippen LogP contribution in [-0.2, 0) is 16.4 Å². The summed E-state index contributed by atoms with van der Waals surface area (Å²) in [5, 5.41) is 12.6. The van der Waals surface area contributed by atoms with Crippen molar-refractivity contribution in [2.24, 2.45) is 5.92 Å². The third-order valence-corrected chi connectivity index (χ3v) is 7.15. The quantitative estimate of drug-likeness (QED) is 0.443. The van der Waals surface area contributed by atoms with Crippen molar-refractivity contribution in [2.75, 3.05) is 39.7 Å². The number of carboxylic acid groups (broad SMARTS) is 1. The Labute approximate surface area is 224 Å². The fraction of sp³-hybridized carbons (Fsp3) is 0.481. The highest BCUT2D eigenvalue weighted by Gasteiger charge is 2.50. The molecule has 39 heavy (non-hydrogen) atoms. The lowest BCUT2D eigenvalue weighted by Crippen LogP contribution is -2.48. The summed E-state index contributed by atoms with van der Waals surface area (Å²) in [5.74, 6) is -0.314. The summed E-state index contributed by atoms with van der Waals surface area (Å²) < 4.78 is 63.4. The molecule has 1 saturated heterocycles. The topological polar surface area (TPSA) is 100 Å². The number of methoxy groups -OCH3 is 2. The average molecular weight is 556 g/mol. The van der Waals surface area contributed by atoms with Gasteiger partial charge in [0.15, 0.2) is 11.5 Å². The molecule has 2 aliphatic rings. The first kappa shape index (κ1) is 30.0. The molecule has 0 unspecified atom stereocenters. The van der Waals surface area contributed by atoms with Gasteiger partial charge in [0.25, 0.3) is 5.97 Å². The largest absolute Gasteiger partial charge is 0.493 e. The molecule has 8 nitrogen and oxygen atoms in total. The predicted molar refractivity (Wildman–Crippen MR) is 137 cm³/mol. The van der Waals surface area contributed by atoms with Crippen molar-refractivity contribution < 1.29 is 41.7 Å². The van der Waals surface area contributed by atoms with Crippen LogP contribution in [0.3, 0.4) is 0 Å². The van der Waals surface area contributed by atoms with Crippen molar-refractivity contribution in [2.45, 2.75) is 43.8 Å². The Kier molecular flexibility index (Phi) is 9.31. The molecule has 0 radical (unpaired) electrons. The number of amides is 2. The zero-order valence-corrected chi connectivity index (χ0v) is 22.2. The van der Waals surface area contributed by atoms with Gasteiger partial charge in [0.05, 0.1) is 19.8 Å². The van der Waals surface area contributed by atoms with Crippen LogP contribution in [0.2, 0.25) is 0 Å². The molecule has 1 heterocycles. The zero-order valence-electron chi connectivity index (χ0n) is 22.2. The molecule has 0 aromatic heterocycles. The van der Waals surface area contributed by atoms with E-state index in [9.17, 15) is 22.4 Å². The maximum Gasteiger partial charge on any atom is 0.416 e. The number of carbonyl (C=O) groups is 2. The van der Waals surface area contributed by atoms with Gasteiger partial charge in [-0.25, -0.2) is 9.18 Å². The molecule has 0 spiro atoms.